The number of fused-ring (bicyclic) bond motifs is 1. The van der Waals surface area contributed by atoms with Gasteiger partial charge in [0, 0.05) is 62.4 Å². The highest BCUT2D eigenvalue weighted by Crippen LogP contribution is 2.23. The van der Waals surface area contributed by atoms with Crippen LogP contribution in [0.1, 0.15) is 31.1 Å². The Morgan fingerprint density at radius 3 is 2.48 bits per heavy atom. The van der Waals surface area contributed by atoms with Crippen LogP contribution in [-0.2, 0) is 7.05 Å². The molecule has 1 aromatic carbocycles. The molecule has 1 aliphatic heterocycles. The smallest absolute Gasteiger partial charge is 0.254 e. The molecule has 1 aromatic heterocycles. The molecule has 1 aliphatic rings. The molecule has 1 fully saturated rings. The second-order valence-corrected chi connectivity index (χ2v) is 8.14. The number of hydrogen-bond acceptors (Lipinski definition) is 3. The molecule has 1 atom stereocenters. The molecular weight excluding hydrogens is 314 g/mol. The summed E-state index contributed by atoms with van der Waals surface area (Å²) in [6.07, 6.45) is 1.64. The zero-order valence-corrected chi connectivity index (χ0v) is 15.7. The quantitative estimate of drug-likeness (QED) is 0.931. The second kappa shape index (κ2) is 6.81. The van der Waals surface area contributed by atoms with Gasteiger partial charge in [0.15, 0.2) is 0 Å². The molecule has 3 rings (SSSR count). The molecule has 0 radical (unpaired) electrons. The van der Waals surface area contributed by atoms with Crippen molar-refractivity contribution in [3.8, 4) is 0 Å². The highest BCUT2D eigenvalue weighted by atomic mass is 16.3. The standard InChI is InChI=1S/C20H29N3O2/c1-20(2,3)18(24)14-22-10-12-23(13-11-22)19(25)16-6-5-7-17-15(16)8-9-21(17)4/h5-9,18,24H,10-14H2,1-4H3/t18-/m1/s1. The van der Waals surface area contributed by atoms with Crippen molar-refractivity contribution in [2.45, 2.75) is 26.9 Å². The maximum absolute atomic E-state index is 13.0. The maximum atomic E-state index is 13.0. The number of β-amino-alcohol motifs (C(OH)–C–C–N with tert-alkyl or cyclic N) is 1. The average molecular weight is 343 g/mol. The lowest BCUT2D eigenvalue weighted by molar-refractivity contribution is 0.0137. The van der Waals surface area contributed by atoms with Crippen molar-refractivity contribution in [1.29, 1.82) is 0 Å². The molecule has 2 aromatic rings. The van der Waals surface area contributed by atoms with Crippen LogP contribution in [-0.4, -0.2) is 64.2 Å². The molecule has 1 N–H and O–H groups in total. The number of aromatic nitrogens is 1. The van der Waals surface area contributed by atoms with Crippen LogP contribution in [0.3, 0.4) is 0 Å². The number of carbonyl (C=O) groups excluding carboxylic acids is 1. The first-order valence-electron chi connectivity index (χ1n) is 9.01. The van der Waals surface area contributed by atoms with Crippen molar-refractivity contribution in [2.75, 3.05) is 32.7 Å². The Balaban J connectivity index is 1.65. The number of aryl methyl sites for hydroxylation is 1. The summed E-state index contributed by atoms with van der Waals surface area (Å²) >= 11 is 0. The minimum Gasteiger partial charge on any atom is -0.391 e. The summed E-state index contributed by atoms with van der Waals surface area (Å²) in [7, 11) is 2.00. The summed E-state index contributed by atoms with van der Waals surface area (Å²) in [4.78, 5) is 17.1. The zero-order chi connectivity index (χ0) is 18.2. The molecule has 0 unspecified atom stereocenters. The maximum Gasteiger partial charge on any atom is 0.254 e. The van der Waals surface area contributed by atoms with Crippen LogP contribution >= 0.6 is 0 Å². The van der Waals surface area contributed by atoms with Crippen molar-refractivity contribution < 1.29 is 9.90 Å². The molecular formula is C20H29N3O2. The van der Waals surface area contributed by atoms with Gasteiger partial charge in [0.05, 0.1) is 6.10 Å². The van der Waals surface area contributed by atoms with Gasteiger partial charge in [-0.05, 0) is 23.6 Å². The van der Waals surface area contributed by atoms with Gasteiger partial charge < -0.3 is 14.6 Å². The van der Waals surface area contributed by atoms with Crippen molar-refractivity contribution in [3.05, 3.63) is 36.0 Å². The van der Waals surface area contributed by atoms with Gasteiger partial charge in [-0.1, -0.05) is 26.8 Å². The lowest BCUT2D eigenvalue weighted by Gasteiger charge is -2.38. The highest BCUT2D eigenvalue weighted by Gasteiger charge is 2.28. The molecule has 0 aliphatic carbocycles. The van der Waals surface area contributed by atoms with Crippen LogP contribution in [0, 0.1) is 5.41 Å². The molecule has 5 heteroatoms. The fourth-order valence-corrected chi connectivity index (χ4v) is 3.31. The minimum atomic E-state index is -0.354. The molecule has 0 bridgehead atoms. The molecule has 136 valence electrons. The van der Waals surface area contributed by atoms with Gasteiger partial charge in [0.25, 0.3) is 5.91 Å². The summed E-state index contributed by atoms with van der Waals surface area (Å²) in [6, 6.07) is 7.92. The largest absolute Gasteiger partial charge is 0.391 e. The van der Waals surface area contributed by atoms with E-state index in [2.05, 4.69) is 25.7 Å². The number of nitrogens with zero attached hydrogens (tertiary/aromatic N) is 3. The Bertz CT molecular complexity index is 752. The second-order valence-electron chi connectivity index (χ2n) is 8.14. The Morgan fingerprint density at radius 1 is 1.16 bits per heavy atom. The molecule has 5 nitrogen and oxygen atoms in total. The predicted molar refractivity (Wildman–Crippen MR) is 101 cm³/mol. The summed E-state index contributed by atoms with van der Waals surface area (Å²) in [5, 5.41) is 11.3. The summed E-state index contributed by atoms with van der Waals surface area (Å²) < 4.78 is 2.04. The van der Waals surface area contributed by atoms with Crippen LogP contribution in [0.4, 0.5) is 0 Å². The molecule has 1 amide bonds. The summed E-state index contributed by atoms with van der Waals surface area (Å²) in [5.41, 5.74) is 1.75. The van der Waals surface area contributed by atoms with Gasteiger partial charge in [0.2, 0.25) is 0 Å². The van der Waals surface area contributed by atoms with Gasteiger partial charge in [-0.25, -0.2) is 0 Å². The number of aliphatic hydroxyl groups is 1. The Kier molecular flexibility index (Phi) is 4.89. The van der Waals surface area contributed by atoms with Crippen LogP contribution < -0.4 is 0 Å². The van der Waals surface area contributed by atoms with E-state index >= 15 is 0 Å². The monoisotopic (exact) mass is 343 g/mol. The Hall–Kier alpha value is -1.85. The first-order valence-corrected chi connectivity index (χ1v) is 9.01. The number of aliphatic hydroxyl groups excluding tert-OH is 1. The van der Waals surface area contributed by atoms with E-state index in [-0.39, 0.29) is 17.4 Å². The van der Waals surface area contributed by atoms with Crippen molar-refractivity contribution >= 4 is 16.8 Å². The first-order chi connectivity index (χ1) is 11.8. The first kappa shape index (κ1) is 18.0. The predicted octanol–water partition coefficient (Wildman–Crippen LogP) is 2.34. The van der Waals surface area contributed by atoms with Crippen molar-refractivity contribution in [2.24, 2.45) is 12.5 Å². The summed E-state index contributed by atoms with van der Waals surface area (Å²) in [5.74, 6) is 0.104. The highest BCUT2D eigenvalue weighted by molar-refractivity contribution is 6.06. The number of benzene rings is 1. The van der Waals surface area contributed by atoms with Crippen LogP contribution in [0.15, 0.2) is 30.5 Å². The third-order valence-electron chi connectivity index (χ3n) is 5.25. The lowest BCUT2D eigenvalue weighted by atomic mass is 9.89. The van der Waals surface area contributed by atoms with Gasteiger partial charge in [-0.2, -0.15) is 0 Å². The Labute approximate surface area is 149 Å². The van der Waals surface area contributed by atoms with Crippen LogP contribution in [0.5, 0.6) is 0 Å². The van der Waals surface area contributed by atoms with E-state index in [1.165, 1.54) is 0 Å². The van der Waals surface area contributed by atoms with E-state index in [9.17, 15) is 9.90 Å². The van der Waals surface area contributed by atoms with Gasteiger partial charge in [-0.15, -0.1) is 0 Å². The third kappa shape index (κ3) is 3.72. The van der Waals surface area contributed by atoms with Crippen molar-refractivity contribution in [1.82, 2.24) is 14.4 Å². The van der Waals surface area contributed by atoms with Gasteiger partial charge in [0.1, 0.15) is 0 Å². The van der Waals surface area contributed by atoms with Crippen LogP contribution in [0.2, 0.25) is 0 Å². The number of hydrogen-bond donors (Lipinski definition) is 1. The number of amides is 1. The topological polar surface area (TPSA) is 48.7 Å². The van der Waals surface area contributed by atoms with E-state index < -0.39 is 0 Å². The third-order valence-corrected chi connectivity index (χ3v) is 5.25. The van der Waals surface area contributed by atoms with E-state index in [0.29, 0.717) is 19.6 Å². The van der Waals surface area contributed by atoms with E-state index in [0.717, 1.165) is 29.6 Å². The molecule has 2 heterocycles. The van der Waals surface area contributed by atoms with E-state index in [1.54, 1.807) is 0 Å². The van der Waals surface area contributed by atoms with Crippen molar-refractivity contribution in [3.63, 3.8) is 0 Å². The van der Waals surface area contributed by atoms with E-state index in [1.807, 2.05) is 47.0 Å². The van der Waals surface area contributed by atoms with Gasteiger partial charge >= 0.3 is 0 Å². The number of carbonyl (C=O) groups is 1. The number of rotatable bonds is 3. The minimum absolute atomic E-state index is 0.104. The molecule has 0 spiro atoms. The average Bonchev–Trinajstić information content (AvgIpc) is 2.95. The normalized spacial score (nSPS) is 17.9. The zero-order valence-electron chi connectivity index (χ0n) is 15.7. The Morgan fingerprint density at radius 2 is 1.84 bits per heavy atom. The lowest BCUT2D eigenvalue weighted by Crippen LogP contribution is -2.51. The molecule has 1 saturated heterocycles. The van der Waals surface area contributed by atoms with Crippen LogP contribution in [0.25, 0.3) is 10.9 Å². The summed E-state index contributed by atoms with van der Waals surface area (Å²) in [6.45, 7) is 9.86. The fraction of sp³-hybridized carbons (Fsp3) is 0.550. The number of piperazine rings is 1. The molecule has 0 saturated carbocycles. The van der Waals surface area contributed by atoms with E-state index in [4.69, 9.17) is 0 Å². The van der Waals surface area contributed by atoms with Gasteiger partial charge in [-0.3, -0.25) is 9.69 Å². The SMILES string of the molecule is Cn1ccc2c(C(=O)N3CCN(C[C@@H](O)C(C)(C)C)CC3)cccc21. The fourth-order valence-electron chi connectivity index (χ4n) is 3.31. The molecule has 25 heavy (non-hydrogen) atoms.